The summed E-state index contributed by atoms with van der Waals surface area (Å²) in [5.41, 5.74) is 0.805. The third-order valence-electron chi connectivity index (χ3n) is 2.48. The van der Waals surface area contributed by atoms with Gasteiger partial charge in [0.15, 0.2) is 0 Å². The highest BCUT2D eigenvalue weighted by molar-refractivity contribution is 7.18. The topological polar surface area (TPSA) is 50.7 Å². The minimum absolute atomic E-state index is 0.219. The Morgan fingerprint density at radius 1 is 1.21 bits per heavy atom. The molecule has 0 aliphatic heterocycles. The Bertz CT molecular complexity index is 757. The number of fused-ring (bicyclic) bond motifs is 1. The lowest BCUT2D eigenvalue weighted by Crippen LogP contribution is -1.96. The summed E-state index contributed by atoms with van der Waals surface area (Å²) in [4.78, 5) is 14.4. The van der Waals surface area contributed by atoms with Crippen molar-refractivity contribution in [2.45, 2.75) is 6.92 Å². The fraction of sp³-hybridized carbons (Fsp3) is 0.0833. The van der Waals surface area contributed by atoms with Crippen LogP contribution in [0.2, 0.25) is 10.4 Å². The van der Waals surface area contributed by atoms with E-state index in [1.54, 1.807) is 23.6 Å². The van der Waals surface area contributed by atoms with Gasteiger partial charge in [0.05, 0.1) is 5.39 Å². The first kappa shape index (κ1) is 12.6. The van der Waals surface area contributed by atoms with Crippen LogP contribution < -0.4 is 5.32 Å². The number of rotatable bonds is 2. The molecule has 0 aromatic carbocycles. The molecule has 3 rings (SSSR count). The van der Waals surface area contributed by atoms with Crippen LogP contribution in [0.15, 0.2) is 24.4 Å². The summed E-state index contributed by atoms with van der Waals surface area (Å²) in [7, 11) is 0. The molecule has 0 radical (unpaired) electrons. The van der Waals surface area contributed by atoms with E-state index in [9.17, 15) is 0 Å². The third kappa shape index (κ3) is 2.63. The second-order valence-electron chi connectivity index (χ2n) is 3.91. The van der Waals surface area contributed by atoms with Gasteiger partial charge < -0.3 is 5.32 Å². The van der Waals surface area contributed by atoms with E-state index in [2.05, 4.69) is 20.3 Å². The van der Waals surface area contributed by atoms with Crippen molar-refractivity contribution in [2.75, 3.05) is 5.32 Å². The van der Waals surface area contributed by atoms with Gasteiger partial charge in [0.25, 0.3) is 0 Å². The first-order valence-electron chi connectivity index (χ1n) is 5.44. The highest BCUT2D eigenvalue weighted by Gasteiger charge is 2.10. The first-order chi connectivity index (χ1) is 9.11. The molecule has 0 amide bonds. The van der Waals surface area contributed by atoms with Gasteiger partial charge in [-0.15, -0.1) is 11.3 Å². The van der Waals surface area contributed by atoms with E-state index < -0.39 is 0 Å². The summed E-state index contributed by atoms with van der Waals surface area (Å²) in [6.07, 6.45) is 1.63. The third-order valence-corrected chi connectivity index (χ3v) is 3.80. The van der Waals surface area contributed by atoms with Crippen molar-refractivity contribution in [2.24, 2.45) is 0 Å². The van der Waals surface area contributed by atoms with Crippen LogP contribution in [-0.4, -0.2) is 15.0 Å². The van der Waals surface area contributed by atoms with Crippen LogP contribution in [0.4, 0.5) is 11.5 Å². The fourth-order valence-electron chi connectivity index (χ4n) is 1.73. The van der Waals surface area contributed by atoms with E-state index in [1.807, 2.05) is 19.1 Å². The van der Waals surface area contributed by atoms with Crippen molar-refractivity contribution in [1.29, 1.82) is 0 Å². The number of aromatic nitrogens is 3. The molecule has 7 heteroatoms. The number of hydrogen-bond donors (Lipinski definition) is 1. The minimum Gasteiger partial charge on any atom is -0.339 e. The van der Waals surface area contributed by atoms with E-state index >= 15 is 0 Å². The fourth-order valence-corrected chi connectivity index (χ4v) is 3.00. The van der Waals surface area contributed by atoms with E-state index in [1.165, 1.54) is 0 Å². The Labute approximate surface area is 123 Å². The summed E-state index contributed by atoms with van der Waals surface area (Å²) in [5, 5.41) is 4.77. The number of halogens is 2. The van der Waals surface area contributed by atoms with Crippen LogP contribution in [0, 0.1) is 6.92 Å². The molecule has 0 spiro atoms. The lowest BCUT2D eigenvalue weighted by atomic mass is 10.3. The molecule has 0 aliphatic rings. The summed E-state index contributed by atoms with van der Waals surface area (Å²) in [5.74, 6) is 0.668. The van der Waals surface area contributed by atoms with Gasteiger partial charge in [-0.05, 0) is 36.7 Å². The highest BCUT2D eigenvalue weighted by Crippen LogP contribution is 2.31. The largest absolute Gasteiger partial charge is 0.339 e. The van der Waals surface area contributed by atoms with Crippen LogP contribution >= 0.6 is 34.5 Å². The SMILES string of the molecule is Cc1cc2c(Nc3ccnc(Cl)c3)nc(Cl)nc2s1. The first-order valence-corrected chi connectivity index (χ1v) is 7.01. The lowest BCUT2D eigenvalue weighted by Gasteiger charge is -2.06. The maximum absolute atomic E-state index is 5.94. The average Bonchev–Trinajstić information content (AvgIpc) is 2.69. The predicted molar refractivity (Wildman–Crippen MR) is 79.7 cm³/mol. The van der Waals surface area contributed by atoms with Crippen molar-refractivity contribution in [3.05, 3.63) is 39.7 Å². The van der Waals surface area contributed by atoms with Crippen molar-refractivity contribution in [3.63, 3.8) is 0 Å². The summed E-state index contributed by atoms with van der Waals surface area (Å²) < 4.78 is 0. The predicted octanol–water partition coefficient (Wildman–Crippen LogP) is 4.45. The number of pyridine rings is 1. The Morgan fingerprint density at radius 2 is 2.05 bits per heavy atom. The maximum atomic E-state index is 5.94. The molecular formula is C12H8Cl2N4S. The van der Waals surface area contributed by atoms with Gasteiger partial charge in [0.1, 0.15) is 15.8 Å². The van der Waals surface area contributed by atoms with Crippen LogP contribution in [0.3, 0.4) is 0 Å². The summed E-state index contributed by atoms with van der Waals surface area (Å²) in [6, 6.07) is 5.57. The lowest BCUT2D eigenvalue weighted by molar-refractivity contribution is 1.22. The van der Waals surface area contributed by atoms with E-state index in [4.69, 9.17) is 23.2 Å². The van der Waals surface area contributed by atoms with Gasteiger partial charge in [-0.25, -0.2) is 9.97 Å². The number of anilines is 2. The zero-order valence-corrected chi connectivity index (χ0v) is 12.1. The molecular weight excluding hydrogens is 303 g/mol. The van der Waals surface area contributed by atoms with E-state index in [0.717, 1.165) is 20.8 Å². The number of nitrogens with zero attached hydrogens (tertiary/aromatic N) is 3. The summed E-state index contributed by atoms with van der Waals surface area (Å²) >= 11 is 13.4. The molecule has 0 fully saturated rings. The average molecular weight is 311 g/mol. The Kier molecular flexibility index (Phi) is 3.26. The van der Waals surface area contributed by atoms with Crippen LogP contribution in [-0.2, 0) is 0 Å². The van der Waals surface area contributed by atoms with Gasteiger partial charge in [-0.2, -0.15) is 4.98 Å². The monoisotopic (exact) mass is 310 g/mol. The molecule has 1 N–H and O–H groups in total. The van der Waals surface area contributed by atoms with Crippen LogP contribution in [0.5, 0.6) is 0 Å². The van der Waals surface area contributed by atoms with Crippen LogP contribution in [0.25, 0.3) is 10.2 Å². The zero-order valence-electron chi connectivity index (χ0n) is 9.82. The molecule has 0 unspecified atom stereocenters. The van der Waals surface area contributed by atoms with Crippen molar-refractivity contribution >= 4 is 56.3 Å². The Hall–Kier alpha value is -1.43. The molecule has 4 nitrogen and oxygen atoms in total. The van der Waals surface area contributed by atoms with Gasteiger partial charge >= 0.3 is 0 Å². The number of thiophene rings is 1. The van der Waals surface area contributed by atoms with Crippen molar-refractivity contribution in [1.82, 2.24) is 15.0 Å². The second kappa shape index (κ2) is 4.92. The molecule has 0 aliphatic carbocycles. The maximum Gasteiger partial charge on any atom is 0.225 e. The smallest absolute Gasteiger partial charge is 0.225 e. The number of aryl methyl sites for hydroxylation is 1. The standard InChI is InChI=1S/C12H8Cl2N4S/c1-6-4-8-10(17-12(14)18-11(8)19-6)16-7-2-3-15-9(13)5-7/h2-5H,1H3,(H,15,16,17,18). The van der Waals surface area contributed by atoms with E-state index in [-0.39, 0.29) is 5.28 Å². The quantitative estimate of drug-likeness (QED) is 0.561. The molecule has 19 heavy (non-hydrogen) atoms. The zero-order chi connectivity index (χ0) is 13.4. The van der Waals surface area contributed by atoms with Crippen LogP contribution in [0.1, 0.15) is 4.88 Å². The molecule has 3 aromatic rings. The second-order valence-corrected chi connectivity index (χ2v) is 5.87. The highest BCUT2D eigenvalue weighted by atomic mass is 35.5. The minimum atomic E-state index is 0.219. The Morgan fingerprint density at radius 3 is 2.84 bits per heavy atom. The normalized spacial score (nSPS) is 10.9. The van der Waals surface area contributed by atoms with Crippen molar-refractivity contribution in [3.8, 4) is 0 Å². The van der Waals surface area contributed by atoms with E-state index in [0.29, 0.717) is 11.0 Å². The van der Waals surface area contributed by atoms with Crippen molar-refractivity contribution < 1.29 is 0 Å². The molecule has 0 saturated carbocycles. The molecule has 3 aromatic heterocycles. The molecule has 0 bridgehead atoms. The molecule has 0 saturated heterocycles. The number of hydrogen-bond acceptors (Lipinski definition) is 5. The molecule has 3 heterocycles. The van der Waals surface area contributed by atoms with Gasteiger partial charge in [-0.1, -0.05) is 11.6 Å². The van der Waals surface area contributed by atoms with Gasteiger partial charge in [0.2, 0.25) is 5.28 Å². The molecule has 0 atom stereocenters. The van der Waals surface area contributed by atoms with Gasteiger partial charge in [-0.3, -0.25) is 0 Å². The molecule has 96 valence electrons. The van der Waals surface area contributed by atoms with Gasteiger partial charge in [0, 0.05) is 16.8 Å². The summed E-state index contributed by atoms with van der Waals surface area (Å²) in [6.45, 7) is 2.02. The Balaban J connectivity index is 2.09. The number of nitrogens with one attached hydrogen (secondary N) is 1.